The van der Waals surface area contributed by atoms with Gasteiger partial charge in [-0.3, -0.25) is 4.79 Å². The van der Waals surface area contributed by atoms with Gasteiger partial charge in [-0.05, 0) is 24.1 Å². The molecule has 0 saturated carbocycles. The van der Waals surface area contributed by atoms with Crippen molar-refractivity contribution in [2.45, 2.75) is 13.3 Å². The summed E-state index contributed by atoms with van der Waals surface area (Å²) in [5.74, 6) is 0.619. The fraction of sp³-hybridized carbons (Fsp3) is 0.214. The highest BCUT2D eigenvalue weighted by atomic mass is 16.5. The van der Waals surface area contributed by atoms with E-state index in [4.69, 9.17) is 10.00 Å². The second-order valence-corrected chi connectivity index (χ2v) is 3.99. The van der Waals surface area contributed by atoms with Gasteiger partial charge in [-0.2, -0.15) is 10.4 Å². The van der Waals surface area contributed by atoms with Crippen molar-refractivity contribution < 1.29 is 4.74 Å². The van der Waals surface area contributed by atoms with Crippen LogP contribution < -0.4 is 10.3 Å². The van der Waals surface area contributed by atoms with E-state index < -0.39 is 5.56 Å². The van der Waals surface area contributed by atoms with Crippen LogP contribution in [0.1, 0.15) is 18.1 Å². The summed E-state index contributed by atoms with van der Waals surface area (Å²) < 4.78 is 5.29. The van der Waals surface area contributed by atoms with Crippen LogP contribution in [-0.4, -0.2) is 17.3 Å². The molecule has 96 valence electrons. The number of methoxy groups -OCH3 is 1. The Balaban J connectivity index is 2.70. The highest BCUT2D eigenvalue weighted by Gasteiger charge is 2.13. The normalized spacial score (nSPS) is 9.95. The molecule has 0 unspecified atom stereocenters. The van der Waals surface area contributed by atoms with Gasteiger partial charge >= 0.3 is 0 Å². The number of aromatic amines is 1. The van der Waals surface area contributed by atoms with Gasteiger partial charge in [0.25, 0.3) is 5.56 Å². The van der Waals surface area contributed by atoms with Crippen LogP contribution in [-0.2, 0) is 6.42 Å². The van der Waals surface area contributed by atoms with E-state index in [0.717, 1.165) is 12.0 Å². The summed E-state index contributed by atoms with van der Waals surface area (Å²) in [4.78, 5) is 11.2. The second-order valence-electron chi connectivity index (χ2n) is 3.99. The van der Waals surface area contributed by atoms with E-state index in [-0.39, 0.29) is 5.56 Å². The van der Waals surface area contributed by atoms with Gasteiger partial charge in [0.1, 0.15) is 17.5 Å². The molecule has 0 atom stereocenters. The van der Waals surface area contributed by atoms with Crippen LogP contribution in [0.2, 0.25) is 0 Å². The molecule has 19 heavy (non-hydrogen) atoms. The van der Waals surface area contributed by atoms with Crippen LogP contribution in [0.5, 0.6) is 5.75 Å². The number of hydrogen-bond donors (Lipinski definition) is 1. The van der Waals surface area contributed by atoms with E-state index in [2.05, 4.69) is 10.2 Å². The maximum Gasteiger partial charge on any atom is 0.265 e. The summed E-state index contributed by atoms with van der Waals surface area (Å²) in [6.07, 6.45) is 0.863. The Bertz CT molecular complexity index is 699. The standard InChI is InChI=1S/C14H13N3O2/c1-3-9-4-5-12(19-2)11(6-9)14-10(8-15)7-13(18)16-17-14/h4-7H,3H2,1-2H3,(H,16,18). The summed E-state index contributed by atoms with van der Waals surface area (Å²) >= 11 is 0. The molecular weight excluding hydrogens is 242 g/mol. The third-order valence-electron chi connectivity index (χ3n) is 2.86. The van der Waals surface area contributed by atoms with Gasteiger partial charge in [0, 0.05) is 11.6 Å². The number of nitrogens with zero attached hydrogens (tertiary/aromatic N) is 2. The molecule has 5 heteroatoms. The molecule has 0 amide bonds. The van der Waals surface area contributed by atoms with Gasteiger partial charge in [-0.1, -0.05) is 13.0 Å². The number of nitriles is 1. The minimum atomic E-state index is -0.397. The van der Waals surface area contributed by atoms with E-state index in [9.17, 15) is 4.79 Å². The van der Waals surface area contributed by atoms with Gasteiger partial charge in [-0.25, -0.2) is 5.10 Å². The molecule has 0 fully saturated rings. The Hall–Kier alpha value is -2.61. The van der Waals surface area contributed by atoms with E-state index in [1.54, 1.807) is 7.11 Å². The van der Waals surface area contributed by atoms with E-state index in [1.807, 2.05) is 31.2 Å². The maximum absolute atomic E-state index is 11.2. The largest absolute Gasteiger partial charge is 0.496 e. The van der Waals surface area contributed by atoms with Gasteiger partial charge in [0.15, 0.2) is 0 Å². The minimum absolute atomic E-state index is 0.232. The highest BCUT2D eigenvalue weighted by Crippen LogP contribution is 2.30. The number of H-pyrrole nitrogens is 1. The van der Waals surface area contributed by atoms with Crippen molar-refractivity contribution in [3.8, 4) is 23.1 Å². The molecule has 1 aromatic heterocycles. The molecular formula is C14H13N3O2. The van der Waals surface area contributed by atoms with Crippen LogP contribution in [0.3, 0.4) is 0 Å². The van der Waals surface area contributed by atoms with Gasteiger partial charge in [0.05, 0.1) is 12.7 Å². The molecule has 0 aliphatic rings. The molecule has 2 rings (SSSR count). The quantitative estimate of drug-likeness (QED) is 0.908. The Morgan fingerprint density at radius 1 is 1.42 bits per heavy atom. The van der Waals surface area contributed by atoms with Crippen molar-refractivity contribution >= 4 is 0 Å². The SMILES string of the molecule is CCc1ccc(OC)c(-c2n[nH]c(=O)cc2C#N)c1. The Morgan fingerprint density at radius 2 is 2.21 bits per heavy atom. The highest BCUT2D eigenvalue weighted by molar-refractivity contribution is 5.72. The smallest absolute Gasteiger partial charge is 0.265 e. The van der Waals surface area contributed by atoms with E-state index in [0.29, 0.717) is 17.0 Å². The third-order valence-corrected chi connectivity index (χ3v) is 2.86. The van der Waals surface area contributed by atoms with Gasteiger partial charge in [0.2, 0.25) is 0 Å². The molecule has 1 heterocycles. The Labute approximate surface area is 110 Å². The zero-order chi connectivity index (χ0) is 13.8. The zero-order valence-electron chi connectivity index (χ0n) is 10.7. The number of benzene rings is 1. The molecule has 0 spiro atoms. The predicted octanol–water partition coefficient (Wildman–Crippen LogP) is 1.88. The van der Waals surface area contributed by atoms with E-state index in [1.165, 1.54) is 6.07 Å². The average molecular weight is 255 g/mol. The topological polar surface area (TPSA) is 78.8 Å². The Morgan fingerprint density at radius 3 is 2.84 bits per heavy atom. The lowest BCUT2D eigenvalue weighted by atomic mass is 10.0. The van der Waals surface area contributed by atoms with Crippen molar-refractivity contribution in [2.24, 2.45) is 0 Å². The fourth-order valence-corrected chi connectivity index (χ4v) is 1.85. The minimum Gasteiger partial charge on any atom is -0.496 e. The summed E-state index contributed by atoms with van der Waals surface area (Å²) in [7, 11) is 1.56. The van der Waals surface area contributed by atoms with Crippen molar-refractivity contribution in [3.63, 3.8) is 0 Å². The second kappa shape index (κ2) is 5.36. The van der Waals surface area contributed by atoms with Crippen molar-refractivity contribution in [1.82, 2.24) is 10.2 Å². The first-order chi connectivity index (χ1) is 9.19. The first kappa shape index (κ1) is 12.8. The van der Waals surface area contributed by atoms with Crippen molar-refractivity contribution in [2.75, 3.05) is 7.11 Å². The maximum atomic E-state index is 11.2. The average Bonchev–Trinajstić information content (AvgIpc) is 2.46. The first-order valence-electron chi connectivity index (χ1n) is 5.86. The molecule has 1 aromatic carbocycles. The Kier molecular flexibility index (Phi) is 3.62. The fourth-order valence-electron chi connectivity index (χ4n) is 1.85. The molecule has 2 aromatic rings. The number of rotatable bonds is 3. The molecule has 0 bridgehead atoms. The zero-order valence-corrected chi connectivity index (χ0v) is 10.7. The lowest BCUT2D eigenvalue weighted by molar-refractivity contribution is 0.416. The van der Waals surface area contributed by atoms with Crippen LogP contribution in [0.4, 0.5) is 0 Å². The van der Waals surface area contributed by atoms with Crippen LogP contribution in [0.15, 0.2) is 29.1 Å². The molecule has 0 radical (unpaired) electrons. The molecule has 0 aliphatic heterocycles. The van der Waals surface area contributed by atoms with Crippen LogP contribution in [0, 0.1) is 11.3 Å². The monoisotopic (exact) mass is 255 g/mol. The summed E-state index contributed by atoms with van der Waals surface area (Å²) in [6, 6.07) is 8.93. The van der Waals surface area contributed by atoms with Crippen molar-refractivity contribution in [3.05, 3.63) is 45.7 Å². The van der Waals surface area contributed by atoms with Crippen LogP contribution in [0.25, 0.3) is 11.3 Å². The number of aromatic nitrogens is 2. The van der Waals surface area contributed by atoms with Gasteiger partial charge < -0.3 is 4.74 Å². The number of hydrogen-bond acceptors (Lipinski definition) is 4. The number of aryl methyl sites for hydroxylation is 1. The summed E-state index contributed by atoms with van der Waals surface area (Å²) in [5.41, 5.74) is 2.07. The lowest BCUT2D eigenvalue weighted by Gasteiger charge is -2.10. The predicted molar refractivity (Wildman–Crippen MR) is 70.9 cm³/mol. The lowest BCUT2D eigenvalue weighted by Crippen LogP contribution is -2.09. The summed E-state index contributed by atoms with van der Waals surface area (Å²) in [6.45, 7) is 2.04. The van der Waals surface area contributed by atoms with Crippen LogP contribution >= 0.6 is 0 Å². The van der Waals surface area contributed by atoms with E-state index >= 15 is 0 Å². The molecule has 0 aliphatic carbocycles. The molecule has 5 nitrogen and oxygen atoms in total. The third kappa shape index (κ3) is 2.47. The number of ether oxygens (including phenoxy) is 1. The molecule has 1 N–H and O–H groups in total. The first-order valence-corrected chi connectivity index (χ1v) is 5.86. The summed E-state index contributed by atoms with van der Waals surface area (Å²) in [5, 5.41) is 15.4. The van der Waals surface area contributed by atoms with Gasteiger partial charge in [-0.15, -0.1) is 0 Å². The molecule has 0 saturated heterocycles. The van der Waals surface area contributed by atoms with Crippen molar-refractivity contribution in [1.29, 1.82) is 5.26 Å². The number of nitrogens with one attached hydrogen (secondary N) is 1.